The number of allylic oxidation sites excluding steroid dienone is 2. The van der Waals surface area contributed by atoms with E-state index in [9.17, 15) is 9.59 Å². The summed E-state index contributed by atoms with van der Waals surface area (Å²) in [4.78, 5) is 24.4. The predicted octanol–water partition coefficient (Wildman–Crippen LogP) is 2.11. The van der Waals surface area contributed by atoms with Crippen LogP contribution in [0.2, 0.25) is 0 Å². The highest BCUT2D eigenvalue weighted by atomic mass is 16.5. The first-order chi connectivity index (χ1) is 8.07. The van der Waals surface area contributed by atoms with Gasteiger partial charge in [0.05, 0.1) is 6.61 Å². The Bertz CT molecular complexity index is 425. The van der Waals surface area contributed by atoms with Crippen molar-refractivity contribution in [1.82, 2.24) is 0 Å². The van der Waals surface area contributed by atoms with Crippen molar-refractivity contribution < 1.29 is 14.3 Å². The lowest BCUT2D eigenvalue weighted by atomic mass is 9.70. The van der Waals surface area contributed by atoms with Crippen molar-refractivity contribution in [2.75, 3.05) is 6.61 Å². The van der Waals surface area contributed by atoms with Crippen molar-refractivity contribution in [2.45, 2.75) is 33.1 Å². The highest BCUT2D eigenvalue weighted by Crippen LogP contribution is 2.74. The number of ether oxygens (including phenoxy) is 1. The average Bonchev–Trinajstić information content (AvgIpc) is 2.98. The molecule has 0 amide bonds. The molecule has 2 saturated carbocycles. The van der Waals surface area contributed by atoms with Crippen molar-refractivity contribution in [3.05, 3.63) is 12.2 Å². The Hall–Kier alpha value is -1.12. The van der Waals surface area contributed by atoms with Crippen molar-refractivity contribution in [3.8, 4) is 0 Å². The normalized spacial score (nSPS) is 46.4. The Balaban J connectivity index is 2.01. The van der Waals surface area contributed by atoms with Crippen LogP contribution in [-0.4, -0.2) is 18.4 Å². The first kappa shape index (κ1) is 11.0. The number of Topliss-reactive ketones (excluding diaryl/α,β-unsaturated/α-hetero) is 1. The number of fused-ring (bicyclic) bond motifs is 1. The molecule has 4 atom stereocenters. The molecule has 0 aromatic carbocycles. The van der Waals surface area contributed by atoms with Crippen LogP contribution >= 0.6 is 0 Å². The smallest absolute Gasteiger partial charge is 0.320 e. The molecule has 0 aromatic rings. The second-order valence-electron chi connectivity index (χ2n) is 5.74. The third-order valence-electron chi connectivity index (χ3n) is 4.93. The lowest BCUT2D eigenvalue weighted by molar-refractivity contribution is -0.157. The minimum Gasteiger partial charge on any atom is -0.465 e. The molecule has 3 rings (SSSR count). The van der Waals surface area contributed by atoms with Crippen LogP contribution in [0.25, 0.3) is 0 Å². The van der Waals surface area contributed by atoms with Gasteiger partial charge < -0.3 is 4.74 Å². The number of carbonyl (C=O) groups excluding carboxylic acids is 2. The number of rotatable bonds is 2. The highest BCUT2D eigenvalue weighted by Gasteiger charge is 2.80. The molecule has 3 nitrogen and oxygen atoms in total. The van der Waals surface area contributed by atoms with E-state index in [2.05, 4.69) is 19.1 Å². The van der Waals surface area contributed by atoms with E-state index >= 15 is 0 Å². The van der Waals surface area contributed by atoms with Crippen LogP contribution in [0, 0.1) is 22.7 Å². The molecule has 0 bridgehead atoms. The Morgan fingerprint density at radius 2 is 2.35 bits per heavy atom. The first-order valence-corrected chi connectivity index (χ1v) is 6.45. The molecule has 17 heavy (non-hydrogen) atoms. The van der Waals surface area contributed by atoms with E-state index in [1.165, 1.54) is 0 Å². The van der Waals surface area contributed by atoms with Crippen LogP contribution in [0.1, 0.15) is 33.1 Å². The van der Waals surface area contributed by atoms with Gasteiger partial charge in [-0.15, -0.1) is 0 Å². The molecule has 0 heterocycles. The van der Waals surface area contributed by atoms with Gasteiger partial charge in [-0.3, -0.25) is 9.59 Å². The van der Waals surface area contributed by atoms with Crippen molar-refractivity contribution >= 4 is 11.8 Å². The fourth-order valence-electron chi connectivity index (χ4n) is 4.20. The van der Waals surface area contributed by atoms with E-state index in [1.807, 2.05) is 0 Å². The Kier molecular flexibility index (Phi) is 2.08. The molecule has 2 fully saturated rings. The quantitative estimate of drug-likeness (QED) is 0.417. The molecule has 0 unspecified atom stereocenters. The summed E-state index contributed by atoms with van der Waals surface area (Å²) in [5, 5.41) is 0. The molecule has 3 heteroatoms. The molecule has 0 N–H and O–H groups in total. The van der Waals surface area contributed by atoms with Crippen molar-refractivity contribution in [3.63, 3.8) is 0 Å². The highest BCUT2D eigenvalue weighted by molar-refractivity contribution is 6.09. The lowest BCUT2D eigenvalue weighted by Gasteiger charge is -2.33. The average molecular weight is 234 g/mol. The Morgan fingerprint density at radius 1 is 1.59 bits per heavy atom. The summed E-state index contributed by atoms with van der Waals surface area (Å²) in [6, 6.07) is 0. The van der Waals surface area contributed by atoms with Crippen LogP contribution in [0.15, 0.2) is 12.2 Å². The predicted molar refractivity (Wildman–Crippen MR) is 62.2 cm³/mol. The Morgan fingerprint density at radius 3 is 3.06 bits per heavy atom. The van der Waals surface area contributed by atoms with Crippen molar-refractivity contribution in [2.24, 2.45) is 22.7 Å². The van der Waals surface area contributed by atoms with Gasteiger partial charge in [-0.05, 0) is 37.0 Å². The minimum absolute atomic E-state index is 0.0313. The van der Waals surface area contributed by atoms with Crippen LogP contribution in [0.4, 0.5) is 0 Å². The van der Waals surface area contributed by atoms with E-state index in [0.29, 0.717) is 13.0 Å². The second-order valence-corrected chi connectivity index (χ2v) is 5.74. The van der Waals surface area contributed by atoms with Gasteiger partial charge >= 0.3 is 5.97 Å². The van der Waals surface area contributed by atoms with E-state index in [4.69, 9.17) is 4.74 Å². The summed E-state index contributed by atoms with van der Waals surface area (Å²) in [6.07, 6.45) is 6.60. The summed E-state index contributed by atoms with van der Waals surface area (Å²) in [5.74, 6) is 0.244. The van der Waals surface area contributed by atoms with Crippen LogP contribution in [0.5, 0.6) is 0 Å². The topological polar surface area (TPSA) is 43.4 Å². The maximum atomic E-state index is 12.2. The van der Waals surface area contributed by atoms with Crippen LogP contribution < -0.4 is 0 Å². The molecule has 92 valence electrons. The first-order valence-electron chi connectivity index (χ1n) is 6.45. The standard InChI is InChI=1S/C14H18O3/c1-3-17-12(16)14-9-5-4-7-13(2,11(9)14)8-6-10(14)15/h4,7,9,11H,3,5-6,8H2,1-2H3/t9-,11-,13-,14-/m0/s1. The molecule has 0 spiro atoms. The van der Waals surface area contributed by atoms with Gasteiger partial charge in [0.1, 0.15) is 5.41 Å². The second kappa shape index (κ2) is 3.21. The maximum Gasteiger partial charge on any atom is 0.320 e. The zero-order valence-corrected chi connectivity index (χ0v) is 10.4. The molecular weight excluding hydrogens is 216 g/mol. The van der Waals surface area contributed by atoms with Gasteiger partial charge in [0.2, 0.25) is 0 Å². The van der Waals surface area contributed by atoms with Gasteiger partial charge in [-0.1, -0.05) is 19.1 Å². The molecule has 0 aromatic heterocycles. The lowest BCUT2D eigenvalue weighted by Crippen LogP contribution is -2.38. The Labute approximate surface area is 101 Å². The molecule has 0 saturated heterocycles. The summed E-state index contributed by atoms with van der Waals surface area (Å²) in [5.41, 5.74) is -0.754. The largest absolute Gasteiger partial charge is 0.465 e. The fourth-order valence-corrected chi connectivity index (χ4v) is 4.20. The van der Waals surface area contributed by atoms with Crippen LogP contribution in [-0.2, 0) is 14.3 Å². The minimum atomic E-state index is -0.785. The molecule has 0 aliphatic heterocycles. The van der Waals surface area contributed by atoms with Gasteiger partial charge in [-0.25, -0.2) is 0 Å². The zero-order chi connectivity index (χ0) is 12.3. The number of ketones is 1. The van der Waals surface area contributed by atoms with E-state index in [1.54, 1.807) is 6.92 Å². The van der Waals surface area contributed by atoms with E-state index in [0.717, 1.165) is 12.8 Å². The third-order valence-corrected chi connectivity index (χ3v) is 4.93. The van der Waals surface area contributed by atoms with Crippen molar-refractivity contribution in [1.29, 1.82) is 0 Å². The maximum absolute atomic E-state index is 12.2. The van der Waals surface area contributed by atoms with Crippen LogP contribution in [0.3, 0.4) is 0 Å². The van der Waals surface area contributed by atoms with Gasteiger partial charge in [0, 0.05) is 6.42 Å². The molecular formula is C14H18O3. The number of esters is 1. The number of carbonyl (C=O) groups is 2. The zero-order valence-electron chi connectivity index (χ0n) is 10.4. The molecule has 3 aliphatic rings. The summed E-state index contributed by atoms with van der Waals surface area (Å²) >= 11 is 0. The van der Waals surface area contributed by atoms with Gasteiger partial charge in [0.15, 0.2) is 5.78 Å². The SMILES string of the molecule is CCOC(=O)[C@]12C(=O)CC[C@]3(C)C=CC[C@H]1[C@H]23. The van der Waals surface area contributed by atoms with E-state index in [-0.39, 0.29) is 29.0 Å². The monoisotopic (exact) mass is 234 g/mol. The third kappa shape index (κ3) is 1.12. The van der Waals surface area contributed by atoms with Gasteiger partial charge in [0.25, 0.3) is 0 Å². The number of hydrogen-bond acceptors (Lipinski definition) is 3. The molecule has 0 radical (unpaired) electrons. The fraction of sp³-hybridized carbons (Fsp3) is 0.714. The summed E-state index contributed by atoms with van der Waals surface area (Å²) in [6.45, 7) is 4.33. The van der Waals surface area contributed by atoms with Gasteiger partial charge in [-0.2, -0.15) is 0 Å². The molecule has 3 aliphatic carbocycles. The summed E-state index contributed by atoms with van der Waals surface area (Å²) < 4.78 is 5.16. The summed E-state index contributed by atoms with van der Waals surface area (Å²) in [7, 11) is 0. The van der Waals surface area contributed by atoms with E-state index < -0.39 is 5.41 Å². The number of hydrogen-bond donors (Lipinski definition) is 0.